The summed E-state index contributed by atoms with van der Waals surface area (Å²) >= 11 is 0. The molecule has 0 atom stereocenters. The van der Waals surface area contributed by atoms with E-state index in [4.69, 9.17) is 24.4 Å². The molecule has 8 nitrogen and oxygen atoms in total. The quantitative estimate of drug-likeness (QED) is 0.199. The minimum absolute atomic E-state index is 0.491. The van der Waals surface area contributed by atoms with E-state index in [1.54, 1.807) is 4.48 Å². The summed E-state index contributed by atoms with van der Waals surface area (Å²) in [6.07, 6.45) is 0. The number of nitrogens with zero attached hydrogens (tertiary/aromatic N) is 5. The van der Waals surface area contributed by atoms with Crippen LogP contribution in [0.5, 0.6) is 0 Å². The van der Waals surface area contributed by atoms with Gasteiger partial charge >= 0.3 is 7.62 Å². The number of fused-ring (bicyclic) bond motifs is 14. The monoisotopic (exact) mass is 625 g/mol. The van der Waals surface area contributed by atoms with Crippen molar-refractivity contribution in [2.75, 3.05) is 0 Å². The molecule has 1 N–H and O–H groups in total. The van der Waals surface area contributed by atoms with E-state index in [9.17, 15) is 4.57 Å². The fourth-order valence-electron chi connectivity index (χ4n) is 6.11. The summed E-state index contributed by atoms with van der Waals surface area (Å²) in [7, 11) is -2.11. The zero-order valence-electron chi connectivity index (χ0n) is 24.8. The van der Waals surface area contributed by atoms with Gasteiger partial charge < -0.3 is 13.9 Å². The van der Waals surface area contributed by atoms with E-state index < -0.39 is 7.37 Å². The number of benzene rings is 5. The molecular weight excluding hydrogens is 602 g/mol. The predicted molar refractivity (Wildman–Crippen MR) is 188 cm³/mol. The second kappa shape index (κ2) is 10.9. The molecule has 2 aromatic heterocycles. The van der Waals surface area contributed by atoms with Crippen LogP contribution < -0.4 is 21.4 Å². The average Bonchev–Trinajstić information content (AvgIpc) is 3.76. The molecule has 0 saturated heterocycles. The minimum Gasteiger partial charge on any atom is -0.361 e. The number of aromatic amines is 1. The van der Waals surface area contributed by atoms with Crippen LogP contribution in [0.1, 0.15) is 11.1 Å². The summed E-state index contributed by atoms with van der Waals surface area (Å²) in [4.78, 5) is 23.3. The van der Waals surface area contributed by atoms with Crippen molar-refractivity contribution in [3.05, 3.63) is 155 Å². The molecule has 7 aromatic rings. The molecule has 4 heterocycles. The summed E-state index contributed by atoms with van der Waals surface area (Å²) in [5.74, 6) is 5.57. The number of nitrogens with one attached hydrogen (secondary N) is 1. The number of aliphatic imine (C=N–C) groups is 3. The summed E-state index contributed by atoms with van der Waals surface area (Å²) in [6.45, 7) is 0. The smallest absolute Gasteiger partial charge is 0.361 e. The Morgan fingerprint density at radius 3 is 1.79 bits per heavy atom. The number of rotatable bonds is 5. The number of hydrogen-bond donors (Lipinski definition) is 1. The van der Waals surface area contributed by atoms with Crippen LogP contribution in [-0.2, 0) is 9.01 Å². The maximum atomic E-state index is 14.9. The summed E-state index contributed by atoms with van der Waals surface area (Å²) in [6, 6.07) is 42.3. The van der Waals surface area contributed by atoms with Gasteiger partial charge in [-0.2, -0.15) is 4.99 Å². The molecule has 0 unspecified atom stereocenters. The molecule has 2 aliphatic rings. The van der Waals surface area contributed by atoms with Crippen molar-refractivity contribution in [2.24, 2.45) is 20.0 Å². The molecule has 221 valence electrons. The Hall–Kier alpha value is -5.85. The molecule has 0 saturated carbocycles. The fourth-order valence-corrected chi connectivity index (χ4v) is 8.01. The van der Waals surface area contributed by atoms with E-state index in [-0.39, 0.29) is 0 Å². The van der Waals surface area contributed by atoms with Gasteiger partial charge in [0.25, 0.3) is 0 Å². The van der Waals surface area contributed by atoms with Gasteiger partial charge in [-0.1, -0.05) is 109 Å². The van der Waals surface area contributed by atoms with Crippen LogP contribution in [0, 0.1) is 0 Å². The van der Waals surface area contributed by atoms with Crippen LogP contribution in [0.25, 0.3) is 21.5 Å². The number of hydrogen-bond acceptors (Lipinski definition) is 6. The zero-order valence-corrected chi connectivity index (χ0v) is 25.7. The maximum absolute atomic E-state index is 14.9. The second-order valence-electron chi connectivity index (χ2n) is 11.1. The molecule has 9 rings (SSSR count). The molecule has 0 aliphatic carbocycles. The number of H-pyrrole nitrogens is 1. The third kappa shape index (κ3) is 4.49. The van der Waals surface area contributed by atoms with Gasteiger partial charge in [0.1, 0.15) is 22.5 Å². The Kier molecular flexibility index (Phi) is 6.37. The van der Waals surface area contributed by atoms with Crippen molar-refractivity contribution in [1.29, 1.82) is 0 Å². The van der Waals surface area contributed by atoms with Gasteiger partial charge in [0.05, 0.1) is 0 Å². The largest absolute Gasteiger partial charge is 0.451 e. The molecular formula is C37H23BN6O2P. The van der Waals surface area contributed by atoms with Gasteiger partial charge in [0.15, 0.2) is 11.7 Å². The van der Waals surface area contributed by atoms with E-state index in [1.165, 1.54) is 7.62 Å². The van der Waals surface area contributed by atoms with Gasteiger partial charge in [0.2, 0.25) is 7.37 Å². The summed E-state index contributed by atoms with van der Waals surface area (Å²) in [5, 5.41) is 5.22. The van der Waals surface area contributed by atoms with Crippen molar-refractivity contribution in [1.82, 2.24) is 9.46 Å². The van der Waals surface area contributed by atoms with Crippen LogP contribution in [0.2, 0.25) is 0 Å². The number of aromatic nitrogens is 2. The van der Waals surface area contributed by atoms with Crippen molar-refractivity contribution in [3.8, 4) is 0 Å². The molecule has 10 heteroatoms. The highest BCUT2D eigenvalue weighted by atomic mass is 31.2. The van der Waals surface area contributed by atoms with Crippen LogP contribution in [0.15, 0.2) is 153 Å². The predicted octanol–water partition coefficient (Wildman–Crippen LogP) is 5.60. The van der Waals surface area contributed by atoms with E-state index in [0.717, 1.165) is 32.7 Å². The lowest BCUT2D eigenvalue weighted by molar-refractivity contribution is 0.511. The third-order valence-corrected chi connectivity index (χ3v) is 10.7. The van der Waals surface area contributed by atoms with Crippen molar-refractivity contribution in [2.45, 2.75) is 0 Å². The van der Waals surface area contributed by atoms with Gasteiger partial charge in [-0.15, -0.1) is 0 Å². The lowest BCUT2D eigenvalue weighted by atomic mass is 10.1. The highest BCUT2D eigenvalue weighted by molar-refractivity contribution is 7.75. The SMILES string of the molecule is O=P(O[B]n1c2c3ccccc3c1=Nc1[nH]c(c3ccccc13)N=C1N=C(N=C=2)c2ccccc21)(c1ccccc1)c1ccccc1. The van der Waals surface area contributed by atoms with E-state index in [0.29, 0.717) is 44.8 Å². The van der Waals surface area contributed by atoms with Crippen molar-refractivity contribution < 1.29 is 9.01 Å². The van der Waals surface area contributed by atoms with Crippen LogP contribution >= 0.6 is 7.37 Å². The highest BCUT2D eigenvalue weighted by Crippen LogP contribution is 2.44. The second-order valence-corrected chi connectivity index (χ2v) is 13.5. The summed E-state index contributed by atoms with van der Waals surface area (Å²) in [5.41, 5.74) is 2.30. The van der Waals surface area contributed by atoms with Crippen LogP contribution in [0.4, 0.5) is 11.6 Å². The molecule has 2 aliphatic heterocycles. The molecule has 47 heavy (non-hydrogen) atoms. The Morgan fingerprint density at radius 1 is 0.596 bits per heavy atom. The Bertz CT molecular complexity index is 2610. The van der Waals surface area contributed by atoms with Gasteiger partial charge in [0, 0.05) is 49.2 Å². The van der Waals surface area contributed by atoms with Crippen molar-refractivity contribution >= 4 is 76.3 Å². The Morgan fingerprint density at radius 2 is 1.13 bits per heavy atom. The lowest BCUT2D eigenvalue weighted by Gasteiger charge is -2.19. The third-order valence-electron chi connectivity index (χ3n) is 8.38. The first-order valence-corrected chi connectivity index (χ1v) is 16.7. The fraction of sp³-hybridized carbons (Fsp3) is 0. The zero-order chi connectivity index (χ0) is 31.4. The minimum atomic E-state index is -3.59. The van der Waals surface area contributed by atoms with Crippen molar-refractivity contribution in [3.63, 3.8) is 0 Å². The van der Waals surface area contributed by atoms with Gasteiger partial charge in [-0.05, 0) is 24.3 Å². The standard InChI is InChI=1S/C37H23BN6O2P/c45-47(24-13-3-1-4-14-24,25-15-5-2-6-16-25)46-38-44-32-23-39-33-27-18-8-9-19-28(27)34(40-33)41-35-29-20-10-11-21-30(29)36(42-35)43-37(44)31-22-12-7-17-26(31)32/h1-22,42H. The lowest BCUT2D eigenvalue weighted by Crippen LogP contribution is -2.35. The summed E-state index contributed by atoms with van der Waals surface area (Å²) < 4.78 is 23.1. The van der Waals surface area contributed by atoms with Gasteiger partial charge in [-0.25, -0.2) is 15.0 Å². The first-order chi connectivity index (χ1) is 23.2. The molecule has 0 fully saturated rings. The van der Waals surface area contributed by atoms with Gasteiger partial charge in [-0.3, -0.25) is 4.57 Å². The van der Waals surface area contributed by atoms with Crippen LogP contribution in [0.3, 0.4) is 0 Å². The molecule has 0 amide bonds. The van der Waals surface area contributed by atoms with E-state index in [2.05, 4.69) is 10.9 Å². The maximum Gasteiger partial charge on any atom is 0.451 e. The van der Waals surface area contributed by atoms with E-state index in [1.807, 2.05) is 133 Å². The van der Waals surface area contributed by atoms with Crippen LogP contribution in [-0.4, -0.2) is 34.6 Å². The molecule has 6 bridgehead atoms. The molecule has 0 spiro atoms. The molecule has 1 radical (unpaired) electrons. The Labute approximate surface area is 269 Å². The normalized spacial score (nSPS) is 13.4. The Balaban J connectivity index is 1.35. The average molecular weight is 625 g/mol. The van der Waals surface area contributed by atoms with E-state index >= 15 is 0 Å². The topological polar surface area (TPSA) is 96.5 Å². The highest BCUT2D eigenvalue weighted by Gasteiger charge is 2.30. The molecule has 5 aromatic carbocycles. The number of amidine groups is 2. The first kappa shape index (κ1) is 27.5. The first-order valence-electron chi connectivity index (χ1n) is 15.1.